The highest BCUT2D eigenvalue weighted by Crippen LogP contribution is 2.32. The molecular formula is C10H19NO2. The summed E-state index contributed by atoms with van der Waals surface area (Å²) in [7, 11) is 2.15. The topological polar surface area (TPSA) is 21.7 Å². The van der Waals surface area contributed by atoms with Crippen molar-refractivity contribution < 1.29 is 9.47 Å². The maximum Gasteiger partial charge on any atom is 0.171 e. The Bertz CT molecular complexity index is 176. The highest BCUT2D eigenvalue weighted by molar-refractivity contribution is 4.82. The summed E-state index contributed by atoms with van der Waals surface area (Å²) in [5.74, 6) is -0.232. The maximum absolute atomic E-state index is 5.91. The molecule has 1 unspecified atom stereocenters. The van der Waals surface area contributed by atoms with Gasteiger partial charge in [-0.3, -0.25) is 0 Å². The van der Waals surface area contributed by atoms with Gasteiger partial charge in [0.1, 0.15) is 0 Å². The van der Waals surface area contributed by atoms with Crippen LogP contribution in [0.15, 0.2) is 0 Å². The first-order chi connectivity index (χ1) is 6.20. The van der Waals surface area contributed by atoms with E-state index in [0.717, 1.165) is 39.0 Å². The van der Waals surface area contributed by atoms with Gasteiger partial charge in [-0.2, -0.15) is 0 Å². The maximum atomic E-state index is 5.91. The lowest BCUT2D eigenvalue weighted by Crippen LogP contribution is -2.50. The minimum atomic E-state index is -0.232. The second-order valence-corrected chi connectivity index (χ2v) is 4.28. The van der Waals surface area contributed by atoms with E-state index in [0.29, 0.717) is 6.10 Å². The number of hydrogen-bond acceptors (Lipinski definition) is 3. The summed E-state index contributed by atoms with van der Waals surface area (Å²) in [4.78, 5) is 2.33. The van der Waals surface area contributed by atoms with E-state index < -0.39 is 0 Å². The van der Waals surface area contributed by atoms with Gasteiger partial charge < -0.3 is 14.4 Å². The number of rotatable bonds is 0. The van der Waals surface area contributed by atoms with Crippen molar-refractivity contribution in [2.45, 2.75) is 38.1 Å². The highest BCUT2D eigenvalue weighted by Gasteiger charge is 2.39. The molecule has 0 bridgehead atoms. The van der Waals surface area contributed by atoms with E-state index in [1.54, 1.807) is 0 Å². The minimum Gasteiger partial charge on any atom is -0.350 e. The molecule has 2 saturated heterocycles. The molecular weight excluding hydrogens is 166 g/mol. The van der Waals surface area contributed by atoms with E-state index in [9.17, 15) is 0 Å². The fraction of sp³-hybridized carbons (Fsp3) is 1.00. The van der Waals surface area contributed by atoms with Crippen molar-refractivity contribution in [2.24, 2.45) is 0 Å². The van der Waals surface area contributed by atoms with Gasteiger partial charge in [0.25, 0.3) is 0 Å². The second-order valence-electron chi connectivity index (χ2n) is 4.28. The SMILES string of the molecule is CC1CCOC2(CCN(C)CC2)O1. The third-order valence-electron chi connectivity index (χ3n) is 3.05. The first-order valence-electron chi connectivity index (χ1n) is 5.21. The van der Waals surface area contributed by atoms with Crippen LogP contribution in [0.25, 0.3) is 0 Å². The van der Waals surface area contributed by atoms with Crippen LogP contribution in [0.3, 0.4) is 0 Å². The average Bonchev–Trinajstić information content (AvgIpc) is 2.11. The average molecular weight is 185 g/mol. The van der Waals surface area contributed by atoms with E-state index in [1.165, 1.54) is 0 Å². The van der Waals surface area contributed by atoms with Crippen LogP contribution < -0.4 is 0 Å². The van der Waals surface area contributed by atoms with Gasteiger partial charge >= 0.3 is 0 Å². The molecule has 2 fully saturated rings. The minimum absolute atomic E-state index is 0.232. The molecule has 3 heteroatoms. The van der Waals surface area contributed by atoms with Gasteiger partial charge in [-0.05, 0) is 20.4 Å². The van der Waals surface area contributed by atoms with Crippen LogP contribution in [0.5, 0.6) is 0 Å². The molecule has 76 valence electrons. The molecule has 0 aromatic rings. The van der Waals surface area contributed by atoms with Crippen LogP contribution >= 0.6 is 0 Å². The van der Waals surface area contributed by atoms with Crippen molar-refractivity contribution in [1.29, 1.82) is 0 Å². The molecule has 2 aliphatic heterocycles. The Kier molecular flexibility index (Phi) is 2.58. The summed E-state index contributed by atoms with van der Waals surface area (Å²) < 4.78 is 11.7. The Morgan fingerprint density at radius 2 is 2.00 bits per heavy atom. The van der Waals surface area contributed by atoms with E-state index in [1.807, 2.05) is 0 Å². The third-order valence-corrected chi connectivity index (χ3v) is 3.05. The van der Waals surface area contributed by atoms with Crippen molar-refractivity contribution >= 4 is 0 Å². The summed E-state index contributed by atoms with van der Waals surface area (Å²) in [6, 6.07) is 0. The Balaban J connectivity index is 1.95. The van der Waals surface area contributed by atoms with Crippen molar-refractivity contribution in [3.63, 3.8) is 0 Å². The van der Waals surface area contributed by atoms with Gasteiger partial charge in [-0.15, -0.1) is 0 Å². The predicted molar refractivity (Wildman–Crippen MR) is 50.6 cm³/mol. The molecule has 1 atom stereocenters. The monoisotopic (exact) mass is 185 g/mol. The summed E-state index contributed by atoms with van der Waals surface area (Å²) in [5.41, 5.74) is 0. The molecule has 0 aromatic heterocycles. The van der Waals surface area contributed by atoms with Gasteiger partial charge in [0.15, 0.2) is 5.79 Å². The predicted octanol–water partition coefficient (Wildman–Crippen LogP) is 1.23. The molecule has 0 saturated carbocycles. The largest absolute Gasteiger partial charge is 0.350 e. The molecule has 3 nitrogen and oxygen atoms in total. The van der Waals surface area contributed by atoms with Crippen LogP contribution in [0.1, 0.15) is 26.2 Å². The molecule has 0 radical (unpaired) electrons. The van der Waals surface area contributed by atoms with Crippen LogP contribution in [-0.4, -0.2) is 43.5 Å². The summed E-state index contributed by atoms with van der Waals surface area (Å²) >= 11 is 0. The fourth-order valence-electron chi connectivity index (χ4n) is 2.09. The smallest absolute Gasteiger partial charge is 0.171 e. The second kappa shape index (κ2) is 3.56. The van der Waals surface area contributed by atoms with E-state index in [-0.39, 0.29) is 5.79 Å². The quantitative estimate of drug-likeness (QED) is 0.566. The molecule has 0 N–H and O–H groups in total. The number of ether oxygens (including phenoxy) is 2. The lowest BCUT2D eigenvalue weighted by Gasteiger charge is -2.44. The normalized spacial score (nSPS) is 35.1. The zero-order chi connectivity index (χ0) is 9.31. The summed E-state index contributed by atoms with van der Waals surface area (Å²) in [5, 5.41) is 0. The summed E-state index contributed by atoms with van der Waals surface area (Å²) in [6.45, 7) is 5.19. The third kappa shape index (κ3) is 2.03. The Hall–Kier alpha value is -0.120. The van der Waals surface area contributed by atoms with Crippen molar-refractivity contribution in [3.05, 3.63) is 0 Å². The molecule has 2 aliphatic rings. The molecule has 13 heavy (non-hydrogen) atoms. The standard InChI is InChI=1S/C10H19NO2/c1-9-3-8-12-10(13-9)4-6-11(2)7-5-10/h9H,3-8H2,1-2H3. The van der Waals surface area contributed by atoms with Crippen LogP contribution in [-0.2, 0) is 9.47 Å². The number of nitrogens with zero attached hydrogens (tertiary/aromatic N) is 1. The zero-order valence-corrected chi connectivity index (χ0v) is 8.58. The summed E-state index contributed by atoms with van der Waals surface area (Å²) in [6.07, 6.45) is 3.45. The Labute approximate surface area is 80.0 Å². The lowest BCUT2D eigenvalue weighted by molar-refractivity contribution is -0.304. The highest BCUT2D eigenvalue weighted by atomic mass is 16.7. The van der Waals surface area contributed by atoms with Gasteiger partial charge in [-0.1, -0.05) is 0 Å². The van der Waals surface area contributed by atoms with Gasteiger partial charge in [0.2, 0.25) is 0 Å². The molecule has 0 aromatic carbocycles. The van der Waals surface area contributed by atoms with Crippen LogP contribution in [0.2, 0.25) is 0 Å². The van der Waals surface area contributed by atoms with E-state index >= 15 is 0 Å². The Morgan fingerprint density at radius 1 is 1.31 bits per heavy atom. The fourth-order valence-corrected chi connectivity index (χ4v) is 2.09. The van der Waals surface area contributed by atoms with E-state index in [4.69, 9.17) is 9.47 Å². The number of piperidine rings is 1. The van der Waals surface area contributed by atoms with E-state index in [2.05, 4.69) is 18.9 Å². The molecule has 0 aliphatic carbocycles. The number of likely N-dealkylation sites (tertiary alicyclic amines) is 1. The molecule has 2 rings (SSSR count). The van der Waals surface area contributed by atoms with Crippen LogP contribution in [0, 0.1) is 0 Å². The zero-order valence-electron chi connectivity index (χ0n) is 8.58. The van der Waals surface area contributed by atoms with Gasteiger partial charge in [0, 0.05) is 25.9 Å². The van der Waals surface area contributed by atoms with Crippen molar-refractivity contribution in [3.8, 4) is 0 Å². The molecule has 0 amide bonds. The lowest BCUT2D eigenvalue weighted by atomic mass is 10.0. The molecule has 2 heterocycles. The van der Waals surface area contributed by atoms with Gasteiger partial charge in [-0.25, -0.2) is 0 Å². The first kappa shape index (κ1) is 9.44. The van der Waals surface area contributed by atoms with Crippen molar-refractivity contribution in [2.75, 3.05) is 26.7 Å². The van der Waals surface area contributed by atoms with Gasteiger partial charge in [0.05, 0.1) is 12.7 Å². The first-order valence-corrected chi connectivity index (χ1v) is 5.21. The molecule has 1 spiro atoms. The van der Waals surface area contributed by atoms with Crippen LogP contribution in [0.4, 0.5) is 0 Å². The Morgan fingerprint density at radius 3 is 2.62 bits per heavy atom. The van der Waals surface area contributed by atoms with Crippen molar-refractivity contribution in [1.82, 2.24) is 4.90 Å². The number of hydrogen-bond donors (Lipinski definition) is 0.